The van der Waals surface area contributed by atoms with Crippen LogP contribution in [0.1, 0.15) is 5.56 Å². The monoisotopic (exact) mass is 230 g/mol. The van der Waals surface area contributed by atoms with Gasteiger partial charge in [-0.25, -0.2) is 0 Å². The van der Waals surface area contributed by atoms with Crippen LogP contribution in [-0.2, 0) is 6.42 Å². The molecule has 0 aliphatic carbocycles. The third kappa shape index (κ3) is 2.81. The van der Waals surface area contributed by atoms with Gasteiger partial charge in [0, 0.05) is 6.54 Å². The molecule has 0 spiro atoms. The van der Waals surface area contributed by atoms with Crippen LogP contribution in [0.15, 0.2) is 42.5 Å². The summed E-state index contributed by atoms with van der Waals surface area (Å²) in [6.07, 6.45) is 0.758. The van der Waals surface area contributed by atoms with Crippen LogP contribution in [-0.4, -0.2) is 17.7 Å². The van der Waals surface area contributed by atoms with Crippen LogP contribution in [0, 0.1) is 0 Å². The van der Waals surface area contributed by atoms with Crippen molar-refractivity contribution in [3.05, 3.63) is 48.0 Å². The Hall–Kier alpha value is -1.46. The molecule has 0 aliphatic heterocycles. The molecule has 0 unspecified atom stereocenters. The Balaban J connectivity index is 2.24. The van der Waals surface area contributed by atoms with Crippen LogP contribution in [0.4, 0.5) is 0 Å². The number of hydrazine groups is 2. The second-order valence-electron chi connectivity index (χ2n) is 4.22. The maximum Gasteiger partial charge on any atom is 0.0557 e. The molecule has 0 saturated carbocycles. The number of nitrogens with two attached hydrogens (primary N) is 3. The zero-order valence-corrected chi connectivity index (χ0v) is 9.71. The van der Waals surface area contributed by atoms with Gasteiger partial charge < -0.3 is 5.73 Å². The first-order chi connectivity index (χ1) is 8.20. The normalized spacial score (nSPS) is 13.2. The van der Waals surface area contributed by atoms with Crippen molar-refractivity contribution >= 4 is 10.8 Å². The number of nitrogens with zero attached hydrogens (tertiary/aromatic N) is 1. The Morgan fingerprint density at radius 1 is 1.00 bits per heavy atom. The SMILES string of the molecule is NC[C@H](Cc1ccc2ccccc2c1)N(N)N. The highest BCUT2D eigenvalue weighted by molar-refractivity contribution is 5.82. The van der Waals surface area contributed by atoms with E-state index in [1.54, 1.807) is 0 Å². The van der Waals surface area contributed by atoms with Crippen molar-refractivity contribution in [2.45, 2.75) is 12.5 Å². The summed E-state index contributed by atoms with van der Waals surface area (Å²) in [5, 5.41) is 3.65. The van der Waals surface area contributed by atoms with Gasteiger partial charge in [0.2, 0.25) is 0 Å². The Morgan fingerprint density at radius 3 is 2.35 bits per heavy atom. The van der Waals surface area contributed by atoms with Crippen LogP contribution in [0.3, 0.4) is 0 Å². The smallest absolute Gasteiger partial charge is 0.0557 e. The average molecular weight is 230 g/mol. The number of hydrogen-bond donors (Lipinski definition) is 3. The molecular weight excluding hydrogens is 212 g/mol. The summed E-state index contributed by atoms with van der Waals surface area (Å²) in [5.41, 5.74) is 6.83. The minimum absolute atomic E-state index is 0.0313. The number of benzene rings is 2. The molecule has 2 aromatic rings. The van der Waals surface area contributed by atoms with Gasteiger partial charge in [0.05, 0.1) is 6.04 Å². The molecule has 0 heterocycles. The van der Waals surface area contributed by atoms with Crippen molar-refractivity contribution in [2.24, 2.45) is 17.4 Å². The summed E-state index contributed by atoms with van der Waals surface area (Å²) < 4.78 is 0. The van der Waals surface area contributed by atoms with E-state index >= 15 is 0 Å². The summed E-state index contributed by atoms with van der Waals surface area (Å²) in [6, 6.07) is 14.6. The lowest BCUT2D eigenvalue weighted by molar-refractivity contribution is 0.208. The second-order valence-corrected chi connectivity index (χ2v) is 4.22. The lowest BCUT2D eigenvalue weighted by Crippen LogP contribution is -2.51. The average Bonchev–Trinajstić information content (AvgIpc) is 2.35. The van der Waals surface area contributed by atoms with E-state index < -0.39 is 0 Å². The molecule has 4 nitrogen and oxygen atoms in total. The van der Waals surface area contributed by atoms with Gasteiger partial charge in [-0.1, -0.05) is 42.5 Å². The molecule has 2 rings (SSSR count). The van der Waals surface area contributed by atoms with Gasteiger partial charge in [-0.05, 0) is 22.8 Å². The van der Waals surface area contributed by atoms with Crippen LogP contribution in [0.25, 0.3) is 10.8 Å². The van der Waals surface area contributed by atoms with Crippen LogP contribution >= 0.6 is 0 Å². The minimum Gasteiger partial charge on any atom is -0.329 e. The van der Waals surface area contributed by atoms with E-state index in [9.17, 15) is 0 Å². The lowest BCUT2D eigenvalue weighted by atomic mass is 10.0. The highest BCUT2D eigenvalue weighted by Gasteiger charge is 2.11. The van der Waals surface area contributed by atoms with Gasteiger partial charge >= 0.3 is 0 Å². The second kappa shape index (κ2) is 5.25. The molecule has 1 atom stereocenters. The van der Waals surface area contributed by atoms with Crippen LogP contribution in [0.5, 0.6) is 0 Å². The molecule has 4 heteroatoms. The van der Waals surface area contributed by atoms with Gasteiger partial charge in [-0.15, -0.1) is 0 Å². The molecule has 0 fully saturated rings. The van der Waals surface area contributed by atoms with Crippen LogP contribution in [0.2, 0.25) is 0 Å². The van der Waals surface area contributed by atoms with Crippen molar-refractivity contribution in [1.82, 2.24) is 5.12 Å². The summed E-state index contributed by atoms with van der Waals surface area (Å²) in [5.74, 6) is 11.1. The van der Waals surface area contributed by atoms with Crippen molar-refractivity contribution in [2.75, 3.05) is 6.54 Å². The molecule has 17 heavy (non-hydrogen) atoms. The Morgan fingerprint density at radius 2 is 1.71 bits per heavy atom. The van der Waals surface area contributed by atoms with E-state index in [0.29, 0.717) is 6.54 Å². The van der Waals surface area contributed by atoms with Crippen LogP contribution < -0.4 is 17.4 Å². The van der Waals surface area contributed by atoms with Crippen molar-refractivity contribution in [1.29, 1.82) is 0 Å². The first kappa shape index (κ1) is 12.0. The van der Waals surface area contributed by atoms with Crippen molar-refractivity contribution in [3.63, 3.8) is 0 Å². The van der Waals surface area contributed by atoms with Gasteiger partial charge in [0.15, 0.2) is 0 Å². The van der Waals surface area contributed by atoms with E-state index in [2.05, 4.69) is 30.3 Å². The molecule has 0 bridgehead atoms. The largest absolute Gasteiger partial charge is 0.329 e. The predicted octanol–water partition coefficient (Wildman–Crippen LogP) is 0.759. The Kier molecular flexibility index (Phi) is 3.71. The molecule has 90 valence electrons. The predicted molar refractivity (Wildman–Crippen MR) is 70.7 cm³/mol. The standard InChI is InChI=1S/C13H18N4/c14-9-13(17(15)16)8-10-5-6-11-3-1-2-4-12(11)7-10/h1-7,13H,8-9,14-16H2/t13-/m0/s1. The topological polar surface area (TPSA) is 81.3 Å². The Bertz CT molecular complexity index is 495. The maximum atomic E-state index is 5.63. The molecule has 0 radical (unpaired) electrons. The van der Waals surface area contributed by atoms with Gasteiger partial charge in [0.25, 0.3) is 0 Å². The molecule has 0 aliphatic rings. The number of hydrogen-bond acceptors (Lipinski definition) is 4. The first-order valence-corrected chi connectivity index (χ1v) is 5.67. The van der Waals surface area contributed by atoms with Gasteiger partial charge in [-0.2, -0.15) is 5.12 Å². The minimum atomic E-state index is -0.0313. The summed E-state index contributed by atoms with van der Waals surface area (Å²) in [6.45, 7) is 0.444. The molecule has 2 aromatic carbocycles. The summed E-state index contributed by atoms with van der Waals surface area (Å²) in [4.78, 5) is 0. The fourth-order valence-electron chi connectivity index (χ4n) is 1.95. The van der Waals surface area contributed by atoms with E-state index in [4.69, 9.17) is 17.4 Å². The maximum absolute atomic E-state index is 5.63. The fraction of sp³-hybridized carbons (Fsp3) is 0.231. The lowest BCUT2D eigenvalue weighted by Gasteiger charge is -2.21. The van der Waals surface area contributed by atoms with E-state index in [0.717, 1.165) is 6.42 Å². The van der Waals surface area contributed by atoms with Crippen molar-refractivity contribution in [3.8, 4) is 0 Å². The molecule has 0 aromatic heterocycles. The molecule has 6 N–H and O–H groups in total. The third-order valence-corrected chi connectivity index (χ3v) is 2.98. The first-order valence-electron chi connectivity index (χ1n) is 5.67. The number of rotatable bonds is 4. The van der Waals surface area contributed by atoms with E-state index in [1.165, 1.54) is 21.5 Å². The van der Waals surface area contributed by atoms with Gasteiger partial charge in [-0.3, -0.25) is 11.7 Å². The van der Waals surface area contributed by atoms with Gasteiger partial charge in [0.1, 0.15) is 0 Å². The summed E-state index contributed by atoms with van der Waals surface area (Å²) >= 11 is 0. The van der Waals surface area contributed by atoms with Crippen molar-refractivity contribution < 1.29 is 0 Å². The van der Waals surface area contributed by atoms with E-state index in [-0.39, 0.29) is 6.04 Å². The zero-order valence-electron chi connectivity index (χ0n) is 9.71. The molecular formula is C13H18N4. The van der Waals surface area contributed by atoms with E-state index in [1.807, 2.05) is 12.1 Å². The highest BCUT2D eigenvalue weighted by atomic mass is 15.6. The third-order valence-electron chi connectivity index (χ3n) is 2.98. The summed E-state index contributed by atoms with van der Waals surface area (Å²) in [7, 11) is 0. The Labute approximate surface area is 101 Å². The molecule has 0 amide bonds. The fourth-order valence-corrected chi connectivity index (χ4v) is 1.95. The quantitative estimate of drug-likeness (QED) is 0.535. The highest BCUT2D eigenvalue weighted by Crippen LogP contribution is 2.16. The zero-order chi connectivity index (χ0) is 12.3. The molecule has 0 saturated heterocycles. The number of fused-ring (bicyclic) bond motifs is 1.